The van der Waals surface area contributed by atoms with Crippen molar-refractivity contribution in [3.8, 4) is 0 Å². The van der Waals surface area contributed by atoms with Crippen LogP contribution in [0.25, 0.3) is 42.6 Å². The lowest BCUT2D eigenvalue weighted by Gasteiger charge is -2.09. The van der Waals surface area contributed by atoms with Gasteiger partial charge in [-0.25, -0.2) is 4.98 Å². The van der Waals surface area contributed by atoms with Gasteiger partial charge in [0.2, 0.25) is 0 Å². The molecule has 34 heavy (non-hydrogen) atoms. The third-order valence-corrected chi connectivity index (χ3v) is 8.95. The van der Waals surface area contributed by atoms with Crippen LogP contribution < -0.4 is 0 Å². The maximum absolute atomic E-state index is 4.86. The molecule has 7 rings (SSSR count). The largest absolute Gasteiger partial charge is 0.236 e. The van der Waals surface area contributed by atoms with Crippen LogP contribution in [-0.2, 0) is 0 Å². The van der Waals surface area contributed by atoms with E-state index in [0.29, 0.717) is 0 Å². The van der Waals surface area contributed by atoms with Gasteiger partial charge in [-0.3, -0.25) is 0 Å². The van der Waals surface area contributed by atoms with E-state index in [0.717, 1.165) is 23.4 Å². The first-order chi connectivity index (χ1) is 16.8. The lowest BCUT2D eigenvalue weighted by molar-refractivity contribution is 1.36. The Labute approximate surface area is 206 Å². The minimum atomic E-state index is 0.938. The minimum absolute atomic E-state index is 0.938. The molecule has 0 saturated carbocycles. The van der Waals surface area contributed by atoms with Crippen molar-refractivity contribution >= 4 is 65.3 Å². The third-order valence-electron chi connectivity index (χ3n) is 6.65. The van der Waals surface area contributed by atoms with Gasteiger partial charge in [0.05, 0.1) is 10.2 Å². The normalized spacial score (nSPS) is 15.5. The Morgan fingerprint density at radius 1 is 0.559 bits per heavy atom. The molecule has 0 aliphatic heterocycles. The van der Waals surface area contributed by atoms with Crippen molar-refractivity contribution in [2.75, 3.05) is 0 Å². The quantitative estimate of drug-likeness (QED) is 0.254. The molecule has 5 aromatic rings. The number of aromatic nitrogens is 1. The molecule has 2 aliphatic rings. The summed E-state index contributed by atoms with van der Waals surface area (Å²) in [5.74, 6) is 0. The smallest absolute Gasteiger partial charge is 0.120 e. The Hall–Kier alpha value is -3.53. The zero-order valence-electron chi connectivity index (χ0n) is 18.5. The van der Waals surface area contributed by atoms with E-state index < -0.39 is 0 Å². The van der Waals surface area contributed by atoms with Crippen molar-refractivity contribution in [3.05, 3.63) is 124 Å². The molecule has 0 bridgehead atoms. The predicted molar refractivity (Wildman–Crippen MR) is 149 cm³/mol. The molecule has 0 N–H and O–H groups in total. The molecule has 0 unspecified atom stereocenters. The van der Waals surface area contributed by atoms with Crippen molar-refractivity contribution in [2.45, 2.75) is 12.8 Å². The number of thiazole rings is 1. The second-order valence-electron chi connectivity index (χ2n) is 8.84. The van der Waals surface area contributed by atoms with Crippen LogP contribution in [0.3, 0.4) is 0 Å². The lowest BCUT2D eigenvalue weighted by atomic mass is 9.96. The number of fused-ring (bicyclic) bond motifs is 2. The molecule has 0 saturated heterocycles. The summed E-state index contributed by atoms with van der Waals surface area (Å²) in [6.45, 7) is 0. The van der Waals surface area contributed by atoms with E-state index in [-0.39, 0.29) is 0 Å². The van der Waals surface area contributed by atoms with Gasteiger partial charge in [0.15, 0.2) is 0 Å². The van der Waals surface area contributed by atoms with Gasteiger partial charge < -0.3 is 0 Å². The molecule has 2 heterocycles. The summed E-state index contributed by atoms with van der Waals surface area (Å²) < 4.78 is 2.61. The Bertz CT molecular complexity index is 1510. The molecule has 0 spiro atoms. The SMILES string of the molecule is C1=C(c2cccc(C3=CC=C(c4nc5ccccc5s4)C3)c2)CC(c2cc3ccccc3s2)=C1. The fourth-order valence-electron chi connectivity index (χ4n) is 4.83. The Morgan fingerprint density at radius 3 is 2.03 bits per heavy atom. The maximum Gasteiger partial charge on any atom is 0.120 e. The number of rotatable bonds is 4. The van der Waals surface area contributed by atoms with Crippen molar-refractivity contribution in [2.24, 2.45) is 0 Å². The molecule has 3 aromatic carbocycles. The van der Waals surface area contributed by atoms with Crippen LogP contribution in [0.2, 0.25) is 0 Å². The van der Waals surface area contributed by atoms with E-state index in [1.54, 1.807) is 11.3 Å². The lowest BCUT2D eigenvalue weighted by Crippen LogP contribution is -1.88. The Morgan fingerprint density at radius 2 is 1.24 bits per heavy atom. The van der Waals surface area contributed by atoms with Gasteiger partial charge in [-0.2, -0.15) is 0 Å². The zero-order valence-corrected chi connectivity index (χ0v) is 20.1. The summed E-state index contributed by atoms with van der Waals surface area (Å²) in [5, 5.41) is 2.47. The van der Waals surface area contributed by atoms with Crippen molar-refractivity contribution in [1.29, 1.82) is 0 Å². The van der Waals surface area contributed by atoms with Crippen LogP contribution in [0.5, 0.6) is 0 Å². The number of thiophene rings is 1. The summed E-state index contributed by atoms with van der Waals surface area (Å²) in [7, 11) is 0. The number of benzene rings is 3. The molecular weight excluding hydrogens is 450 g/mol. The van der Waals surface area contributed by atoms with Crippen LogP contribution in [0, 0.1) is 0 Å². The first-order valence-electron chi connectivity index (χ1n) is 11.6. The van der Waals surface area contributed by atoms with Crippen molar-refractivity contribution in [1.82, 2.24) is 4.98 Å². The van der Waals surface area contributed by atoms with Gasteiger partial charge in [0.25, 0.3) is 0 Å². The fourth-order valence-corrected chi connectivity index (χ4v) is 6.90. The topological polar surface area (TPSA) is 12.9 Å². The van der Waals surface area contributed by atoms with E-state index in [4.69, 9.17) is 4.98 Å². The van der Waals surface area contributed by atoms with Crippen LogP contribution in [-0.4, -0.2) is 4.98 Å². The molecule has 2 aromatic heterocycles. The summed E-state index contributed by atoms with van der Waals surface area (Å²) in [4.78, 5) is 6.24. The number of hydrogen-bond acceptors (Lipinski definition) is 3. The predicted octanol–water partition coefficient (Wildman–Crippen LogP) is 9.25. The number of para-hydroxylation sites is 1. The molecule has 1 nitrogen and oxygen atoms in total. The van der Waals surface area contributed by atoms with E-state index >= 15 is 0 Å². The highest BCUT2D eigenvalue weighted by Crippen LogP contribution is 2.41. The summed E-state index contributed by atoms with van der Waals surface area (Å²) in [6.07, 6.45) is 11.0. The maximum atomic E-state index is 4.86. The van der Waals surface area contributed by atoms with Gasteiger partial charge in [0, 0.05) is 16.0 Å². The van der Waals surface area contributed by atoms with Gasteiger partial charge >= 0.3 is 0 Å². The molecule has 2 aliphatic carbocycles. The van der Waals surface area contributed by atoms with E-state index in [9.17, 15) is 0 Å². The summed E-state index contributed by atoms with van der Waals surface area (Å²) in [6, 6.07) is 28.4. The zero-order chi connectivity index (χ0) is 22.5. The van der Waals surface area contributed by atoms with Crippen LogP contribution >= 0.6 is 22.7 Å². The highest BCUT2D eigenvalue weighted by atomic mass is 32.1. The highest BCUT2D eigenvalue weighted by molar-refractivity contribution is 7.20. The van der Waals surface area contributed by atoms with Gasteiger partial charge in [0.1, 0.15) is 5.01 Å². The minimum Gasteiger partial charge on any atom is -0.236 e. The van der Waals surface area contributed by atoms with Crippen molar-refractivity contribution in [3.63, 3.8) is 0 Å². The molecular formula is C31H21NS2. The average Bonchev–Trinajstić information content (AvgIpc) is 3.67. The monoisotopic (exact) mass is 471 g/mol. The van der Waals surface area contributed by atoms with Crippen LogP contribution in [0.1, 0.15) is 33.9 Å². The molecule has 0 amide bonds. The van der Waals surface area contributed by atoms with Gasteiger partial charge in [-0.05, 0) is 75.6 Å². The number of nitrogens with zero attached hydrogens (tertiary/aromatic N) is 1. The van der Waals surface area contributed by atoms with Crippen LogP contribution in [0.4, 0.5) is 0 Å². The summed E-state index contributed by atoms with van der Waals surface area (Å²) >= 11 is 3.68. The Balaban J connectivity index is 1.09. The van der Waals surface area contributed by atoms with Gasteiger partial charge in [-0.1, -0.05) is 72.8 Å². The first-order valence-corrected chi connectivity index (χ1v) is 13.2. The van der Waals surface area contributed by atoms with E-state index in [2.05, 4.69) is 103 Å². The Kier molecular flexibility index (Phi) is 4.71. The second kappa shape index (κ2) is 8.05. The van der Waals surface area contributed by atoms with Crippen molar-refractivity contribution < 1.29 is 0 Å². The van der Waals surface area contributed by atoms with E-state index in [1.165, 1.54) is 53.1 Å². The molecule has 0 radical (unpaired) electrons. The highest BCUT2D eigenvalue weighted by Gasteiger charge is 2.18. The molecule has 0 atom stereocenters. The standard InChI is InChI=1S/C31H21NS2/c1-3-10-28-24(6-1)19-30(33-28)25-14-12-22(17-25)20-7-5-8-21(16-20)23-13-15-26(18-23)31-32-27-9-2-4-11-29(27)34-31/h1-16,19H,17-18H2. The molecule has 0 fully saturated rings. The third kappa shape index (κ3) is 3.49. The second-order valence-corrected chi connectivity index (χ2v) is 11.0. The van der Waals surface area contributed by atoms with E-state index in [1.807, 2.05) is 11.3 Å². The first kappa shape index (κ1) is 19.9. The number of hydrogen-bond donors (Lipinski definition) is 0. The fraction of sp³-hybridized carbons (Fsp3) is 0.0645. The number of allylic oxidation sites excluding steroid dienone is 8. The molecule has 3 heteroatoms. The van der Waals surface area contributed by atoms with Gasteiger partial charge in [-0.15, -0.1) is 22.7 Å². The van der Waals surface area contributed by atoms with Crippen LogP contribution in [0.15, 0.2) is 103 Å². The summed E-state index contributed by atoms with van der Waals surface area (Å²) in [5.41, 5.74) is 9.21. The average molecular weight is 472 g/mol. The molecule has 162 valence electrons.